The molecule has 2 aromatic carbocycles. The first-order valence-corrected chi connectivity index (χ1v) is 11.9. The third-order valence-electron chi connectivity index (χ3n) is 6.54. The fourth-order valence-electron chi connectivity index (χ4n) is 5.02. The Kier molecular flexibility index (Phi) is 5.67. The Hall–Kier alpha value is -2.48. The third-order valence-corrected chi connectivity index (χ3v) is 7.62. The van der Waals surface area contributed by atoms with E-state index in [4.69, 9.17) is 23.2 Å². The van der Waals surface area contributed by atoms with Crippen LogP contribution in [0.2, 0.25) is 10.0 Å². The summed E-state index contributed by atoms with van der Waals surface area (Å²) in [5.74, 6) is -3.12. The molecule has 168 valence electrons. The molecule has 1 heterocycles. The van der Waals surface area contributed by atoms with Gasteiger partial charge < -0.3 is 0 Å². The van der Waals surface area contributed by atoms with E-state index in [0.717, 1.165) is 20.9 Å². The third kappa shape index (κ3) is 3.72. The van der Waals surface area contributed by atoms with Gasteiger partial charge in [0.2, 0.25) is 0 Å². The van der Waals surface area contributed by atoms with Gasteiger partial charge >= 0.3 is 0 Å². The Morgan fingerprint density at radius 2 is 1.58 bits per heavy atom. The normalized spacial score (nSPS) is 25.0. The molecule has 1 aliphatic heterocycles. The van der Waals surface area contributed by atoms with Crippen molar-refractivity contribution in [1.29, 1.82) is 0 Å². The van der Waals surface area contributed by atoms with Crippen molar-refractivity contribution in [1.82, 2.24) is 10.0 Å². The fraction of sp³-hybridized carbons (Fsp3) is 0.250. The van der Waals surface area contributed by atoms with Crippen LogP contribution in [-0.4, -0.2) is 40.1 Å². The highest BCUT2D eigenvalue weighted by Gasteiger charge is 2.61. The Balaban J connectivity index is 1.52. The number of hydrogen-bond donors (Lipinski definition) is 0. The molecule has 6 nitrogen and oxygen atoms in total. The average molecular weight is 548 g/mol. The number of hydrazine groups is 1. The zero-order chi connectivity index (χ0) is 23.4. The maximum absolute atomic E-state index is 13.6. The Morgan fingerprint density at radius 3 is 2.15 bits per heavy atom. The lowest BCUT2D eigenvalue weighted by atomic mass is 9.85. The van der Waals surface area contributed by atoms with Crippen molar-refractivity contribution in [3.8, 4) is 0 Å². The van der Waals surface area contributed by atoms with Gasteiger partial charge in [-0.25, -0.2) is 5.01 Å². The number of fused-ring (bicyclic) bond motifs is 5. The van der Waals surface area contributed by atoms with Gasteiger partial charge in [-0.05, 0) is 48.6 Å². The van der Waals surface area contributed by atoms with Crippen LogP contribution in [0.25, 0.3) is 0 Å². The summed E-state index contributed by atoms with van der Waals surface area (Å²) >= 11 is 15.5. The molecule has 0 aromatic heterocycles. The molecule has 1 saturated carbocycles. The summed E-state index contributed by atoms with van der Waals surface area (Å²) in [5, 5.41) is 2.20. The lowest BCUT2D eigenvalue weighted by molar-refractivity contribution is -0.154. The van der Waals surface area contributed by atoms with E-state index in [1.807, 2.05) is 12.2 Å². The predicted molar refractivity (Wildman–Crippen MR) is 126 cm³/mol. The van der Waals surface area contributed by atoms with E-state index in [9.17, 15) is 19.2 Å². The van der Waals surface area contributed by atoms with Crippen LogP contribution in [0.1, 0.15) is 27.1 Å². The van der Waals surface area contributed by atoms with Gasteiger partial charge in [0.25, 0.3) is 17.7 Å². The molecule has 3 amide bonds. The highest BCUT2D eigenvalue weighted by Crippen LogP contribution is 2.52. The van der Waals surface area contributed by atoms with E-state index in [1.165, 1.54) is 18.2 Å². The number of nitrogens with zero attached hydrogens (tertiary/aromatic N) is 2. The minimum atomic E-state index is -0.718. The molecule has 0 radical (unpaired) electrons. The number of amides is 3. The maximum atomic E-state index is 13.6. The van der Waals surface area contributed by atoms with Crippen molar-refractivity contribution in [2.24, 2.45) is 23.7 Å². The summed E-state index contributed by atoms with van der Waals surface area (Å²) in [5.41, 5.74) is 0.391. The second-order valence-corrected chi connectivity index (χ2v) is 10.2. The number of carbonyl (C=O) groups excluding carboxylic acids is 4. The van der Waals surface area contributed by atoms with Gasteiger partial charge in [0.05, 0.1) is 22.4 Å². The van der Waals surface area contributed by atoms with Crippen molar-refractivity contribution in [2.45, 2.75) is 6.42 Å². The van der Waals surface area contributed by atoms with Crippen LogP contribution in [0.15, 0.2) is 59.1 Å². The smallest absolute Gasteiger partial charge is 0.274 e. The minimum absolute atomic E-state index is 0.0281. The number of ketones is 1. The summed E-state index contributed by atoms with van der Waals surface area (Å²) in [6.45, 7) is -0.487. The van der Waals surface area contributed by atoms with E-state index >= 15 is 0 Å². The quantitative estimate of drug-likeness (QED) is 0.306. The van der Waals surface area contributed by atoms with Crippen molar-refractivity contribution in [2.75, 3.05) is 6.54 Å². The van der Waals surface area contributed by atoms with E-state index < -0.39 is 41.9 Å². The molecule has 5 rings (SSSR count). The molecule has 0 unspecified atom stereocenters. The number of hydrogen-bond acceptors (Lipinski definition) is 4. The summed E-state index contributed by atoms with van der Waals surface area (Å²) in [6, 6.07) is 10.9. The Bertz CT molecular complexity index is 1200. The summed E-state index contributed by atoms with van der Waals surface area (Å²) in [6.07, 6.45) is 4.70. The number of allylic oxidation sites excluding steroid dienone is 2. The molecular weight excluding hydrogens is 531 g/mol. The van der Waals surface area contributed by atoms with Gasteiger partial charge in [0.1, 0.15) is 6.54 Å². The Morgan fingerprint density at radius 1 is 0.970 bits per heavy atom. The van der Waals surface area contributed by atoms with Crippen LogP contribution in [0.3, 0.4) is 0 Å². The lowest BCUT2D eigenvalue weighted by Gasteiger charge is -2.31. The van der Waals surface area contributed by atoms with Crippen LogP contribution < -0.4 is 0 Å². The first-order chi connectivity index (χ1) is 15.8. The number of halogens is 3. The first kappa shape index (κ1) is 22.3. The van der Waals surface area contributed by atoms with Crippen molar-refractivity contribution < 1.29 is 19.2 Å². The highest BCUT2D eigenvalue weighted by atomic mass is 79.9. The molecule has 2 fully saturated rings. The number of rotatable bonds is 5. The van der Waals surface area contributed by atoms with Crippen LogP contribution in [0, 0.1) is 23.7 Å². The molecule has 33 heavy (non-hydrogen) atoms. The van der Waals surface area contributed by atoms with E-state index in [0.29, 0.717) is 10.6 Å². The van der Waals surface area contributed by atoms with Gasteiger partial charge in [-0.15, -0.1) is 0 Å². The topological polar surface area (TPSA) is 74.8 Å². The number of benzene rings is 2. The average Bonchev–Trinajstić information content (AvgIpc) is 3.46. The molecule has 1 saturated heterocycles. The molecule has 2 aliphatic carbocycles. The van der Waals surface area contributed by atoms with Crippen molar-refractivity contribution in [3.63, 3.8) is 0 Å². The van der Waals surface area contributed by atoms with E-state index in [1.54, 1.807) is 24.3 Å². The second-order valence-electron chi connectivity index (χ2n) is 8.41. The molecule has 9 heteroatoms. The van der Waals surface area contributed by atoms with Crippen LogP contribution >= 0.6 is 39.1 Å². The highest BCUT2D eigenvalue weighted by molar-refractivity contribution is 9.10. The largest absolute Gasteiger partial charge is 0.292 e. The zero-order valence-corrected chi connectivity index (χ0v) is 20.2. The van der Waals surface area contributed by atoms with Crippen LogP contribution in [0.4, 0.5) is 0 Å². The van der Waals surface area contributed by atoms with E-state index in [-0.39, 0.29) is 22.4 Å². The first-order valence-electron chi connectivity index (χ1n) is 10.4. The molecule has 0 spiro atoms. The van der Waals surface area contributed by atoms with Crippen LogP contribution in [-0.2, 0) is 9.59 Å². The second kappa shape index (κ2) is 8.38. The Labute approximate surface area is 208 Å². The van der Waals surface area contributed by atoms with Crippen molar-refractivity contribution in [3.05, 3.63) is 80.3 Å². The van der Waals surface area contributed by atoms with Crippen LogP contribution in [0.5, 0.6) is 0 Å². The molecule has 0 N–H and O–H groups in total. The number of carbonyl (C=O) groups is 4. The van der Waals surface area contributed by atoms with E-state index in [2.05, 4.69) is 15.9 Å². The predicted octanol–water partition coefficient (Wildman–Crippen LogP) is 4.80. The fourth-order valence-corrected chi connectivity index (χ4v) is 5.78. The molecule has 2 aromatic rings. The standard InChI is InChI=1S/C24H17BrCl2N2O4/c25-15-5-3-12(4-6-15)19(30)11-28(22(31)17-8-7-16(26)10-18(17)27)29-23(32)20-13-1-2-14(9-13)21(20)24(29)33/h1-8,10,13-14,20-21H,9,11H2/t13-,14-,20+,21+/m0/s1. The van der Waals surface area contributed by atoms with Gasteiger partial charge in [0.15, 0.2) is 5.78 Å². The minimum Gasteiger partial charge on any atom is -0.292 e. The summed E-state index contributed by atoms with van der Waals surface area (Å²) in [4.78, 5) is 53.4. The van der Waals surface area contributed by atoms with Gasteiger partial charge in [0, 0.05) is 15.1 Å². The molecule has 4 atom stereocenters. The zero-order valence-electron chi connectivity index (χ0n) is 17.1. The lowest BCUT2D eigenvalue weighted by Crippen LogP contribution is -2.52. The molecule has 3 aliphatic rings. The van der Waals surface area contributed by atoms with Gasteiger partial charge in [-0.1, -0.05) is 63.4 Å². The monoisotopic (exact) mass is 546 g/mol. The molecular formula is C24H17BrCl2N2O4. The van der Waals surface area contributed by atoms with Crippen molar-refractivity contribution >= 4 is 62.6 Å². The van der Waals surface area contributed by atoms with Gasteiger partial charge in [-0.3, -0.25) is 19.2 Å². The van der Waals surface area contributed by atoms with Gasteiger partial charge in [-0.2, -0.15) is 5.01 Å². The summed E-state index contributed by atoms with van der Waals surface area (Å²) in [7, 11) is 0. The number of Topliss-reactive ketones (excluding diaryl/α,β-unsaturated/α-hetero) is 1. The maximum Gasteiger partial charge on any atom is 0.274 e. The SMILES string of the molecule is O=C(CN(C(=O)c1ccc(Cl)cc1Cl)N1C(=O)[C@H]2[C@H](C1=O)[C@H]1C=C[C@H]2C1)c1ccc(Br)cc1. The summed E-state index contributed by atoms with van der Waals surface area (Å²) < 4.78 is 0.792. The molecule has 2 bridgehead atoms. The number of imide groups is 1.